The molecule has 0 amide bonds. The molecule has 2 rings (SSSR count). The summed E-state index contributed by atoms with van der Waals surface area (Å²) < 4.78 is 0. The lowest BCUT2D eigenvalue weighted by Gasteiger charge is -2.08. The number of rotatable bonds is 3. The molecule has 0 spiro atoms. The second-order valence-corrected chi connectivity index (χ2v) is 5.88. The molecule has 17 heavy (non-hydrogen) atoms. The molecule has 0 saturated heterocycles. The summed E-state index contributed by atoms with van der Waals surface area (Å²) in [6.45, 7) is 8.88. The minimum atomic E-state index is 0.544. The molecule has 0 N–H and O–H groups in total. The average molecular weight is 245 g/mol. The number of hydrogen-bond acceptors (Lipinski definition) is 2. The second-order valence-electron chi connectivity index (χ2n) is 5.00. The van der Waals surface area contributed by atoms with Crippen LogP contribution in [0.1, 0.15) is 50.0 Å². The maximum Gasteiger partial charge on any atom is 0.0845 e. The summed E-state index contributed by atoms with van der Waals surface area (Å²) in [6, 6.07) is 8.80. The van der Waals surface area contributed by atoms with Gasteiger partial charge in [0.25, 0.3) is 0 Å². The first kappa shape index (κ1) is 12.3. The Morgan fingerprint density at radius 1 is 0.941 bits per heavy atom. The Morgan fingerprint density at radius 2 is 1.59 bits per heavy atom. The predicted octanol–water partition coefficient (Wildman–Crippen LogP) is 5.06. The summed E-state index contributed by atoms with van der Waals surface area (Å²) in [6.07, 6.45) is 0. The van der Waals surface area contributed by atoms with Crippen molar-refractivity contribution in [3.05, 3.63) is 40.2 Å². The van der Waals surface area contributed by atoms with Gasteiger partial charge >= 0.3 is 0 Å². The Labute approximate surface area is 108 Å². The molecule has 0 atom stereocenters. The van der Waals surface area contributed by atoms with Gasteiger partial charge in [-0.05, 0) is 17.4 Å². The average Bonchev–Trinajstić information content (AvgIpc) is 2.78. The molecule has 1 heterocycles. The van der Waals surface area contributed by atoms with Crippen molar-refractivity contribution in [2.75, 3.05) is 0 Å². The van der Waals surface area contributed by atoms with E-state index in [1.807, 2.05) is 5.51 Å². The molecule has 1 aromatic heterocycles. The van der Waals surface area contributed by atoms with Gasteiger partial charge in [0.1, 0.15) is 0 Å². The standard InChI is InChI=1S/C15H19NS/c1-10(2)12-5-7-13(8-6-12)14-15(11(3)4)17-9-16-14/h5-11H,1-4H3. The van der Waals surface area contributed by atoms with Gasteiger partial charge in [0, 0.05) is 10.4 Å². The van der Waals surface area contributed by atoms with Gasteiger partial charge in [-0.1, -0.05) is 52.0 Å². The Hall–Kier alpha value is -1.15. The van der Waals surface area contributed by atoms with Gasteiger partial charge < -0.3 is 0 Å². The van der Waals surface area contributed by atoms with Gasteiger partial charge in [-0.25, -0.2) is 4.98 Å². The quantitative estimate of drug-likeness (QED) is 0.736. The fourth-order valence-corrected chi connectivity index (χ4v) is 2.73. The van der Waals surface area contributed by atoms with Crippen molar-refractivity contribution in [2.24, 2.45) is 0 Å². The van der Waals surface area contributed by atoms with E-state index in [-0.39, 0.29) is 0 Å². The number of aromatic nitrogens is 1. The van der Waals surface area contributed by atoms with E-state index in [4.69, 9.17) is 0 Å². The molecule has 0 aliphatic heterocycles. The van der Waals surface area contributed by atoms with Crippen LogP contribution in [0.25, 0.3) is 11.3 Å². The third-order valence-electron chi connectivity index (χ3n) is 2.97. The molecule has 0 saturated carbocycles. The Bertz CT molecular complexity index is 480. The molecule has 1 aromatic carbocycles. The molecule has 0 unspecified atom stereocenters. The van der Waals surface area contributed by atoms with E-state index in [2.05, 4.69) is 56.9 Å². The van der Waals surface area contributed by atoms with E-state index >= 15 is 0 Å². The SMILES string of the molecule is CC(C)c1ccc(-c2ncsc2C(C)C)cc1. The van der Waals surface area contributed by atoms with Crippen molar-refractivity contribution in [1.82, 2.24) is 4.98 Å². The van der Waals surface area contributed by atoms with Gasteiger partial charge in [-0.2, -0.15) is 0 Å². The van der Waals surface area contributed by atoms with Crippen LogP contribution in [-0.4, -0.2) is 4.98 Å². The van der Waals surface area contributed by atoms with Gasteiger partial charge in [-0.3, -0.25) is 0 Å². The van der Waals surface area contributed by atoms with Crippen LogP contribution in [0.4, 0.5) is 0 Å². The number of nitrogens with zero attached hydrogens (tertiary/aromatic N) is 1. The second kappa shape index (κ2) is 5.01. The topological polar surface area (TPSA) is 12.9 Å². The van der Waals surface area contributed by atoms with Crippen LogP contribution in [0.5, 0.6) is 0 Å². The van der Waals surface area contributed by atoms with Gasteiger partial charge in [0.2, 0.25) is 0 Å². The molecule has 0 radical (unpaired) electrons. The predicted molar refractivity (Wildman–Crippen MR) is 75.7 cm³/mol. The Morgan fingerprint density at radius 3 is 2.12 bits per heavy atom. The fraction of sp³-hybridized carbons (Fsp3) is 0.400. The summed E-state index contributed by atoms with van der Waals surface area (Å²) in [4.78, 5) is 5.88. The molecular formula is C15H19NS. The molecule has 0 aliphatic rings. The third kappa shape index (κ3) is 2.58. The first-order valence-electron chi connectivity index (χ1n) is 6.13. The van der Waals surface area contributed by atoms with Crippen LogP contribution in [0.3, 0.4) is 0 Å². The van der Waals surface area contributed by atoms with Crippen LogP contribution < -0.4 is 0 Å². The molecule has 0 bridgehead atoms. The lowest BCUT2D eigenvalue weighted by Crippen LogP contribution is -1.90. The summed E-state index contributed by atoms with van der Waals surface area (Å²) >= 11 is 1.75. The van der Waals surface area contributed by atoms with Crippen LogP contribution in [0, 0.1) is 0 Å². The van der Waals surface area contributed by atoms with Crippen molar-refractivity contribution >= 4 is 11.3 Å². The normalized spacial score (nSPS) is 11.4. The largest absolute Gasteiger partial charge is 0.244 e. The maximum absolute atomic E-state index is 4.50. The summed E-state index contributed by atoms with van der Waals surface area (Å²) in [5.41, 5.74) is 5.72. The van der Waals surface area contributed by atoms with E-state index in [0.717, 1.165) is 5.69 Å². The van der Waals surface area contributed by atoms with Crippen molar-refractivity contribution in [2.45, 2.75) is 39.5 Å². The lowest BCUT2D eigenvalue weighted by atomic mass is 9.99. The minimum absolute atomic E-state index is 0.544. The zero-order valence-electron chi connectivity index (χ0n) is 10.9. The van der Waals surface area contributed by atoms with Crippen molar-refractivity contribution in [3.63, 3.8) is 0 Å². The van der Waals surface area contributed by atoms with Gasteiger partial charge in [-0.15, -0.1) is 11.3 Å². The van der Waals surface area contributed by atoms with Crippen LogP contribution >= 0.6 is 11.3 Å². The Balaban J connectivity index is 2.37. The molecule has 2 aromatic rings. The zero-order chi connectivity index (χ0) is 12.4. The third-order valence-corrected chi connectivity index (χ3v) is 4.10. The zero-order valence-corrected chi connectivity index (χ0v) is 11.7. The summed E-state index contributed by atoms with van der Waals surface area (Å²) in [5.74, 6) is 1.13. The van der Waals surface area contributed by atoms with Gasteiger partial charge in [0.05, 0.1) is 11.2 Å². The van der Waals surface area contributed by atoms with E-state index < -0.39 is 0 Å². The fourth-order valence-electron chi connectivity index (χ4n) is 1.91. The highest BCUT2D eigenvalue weighted by Crippen LogP contribution is 2.31. The number of thiazole rings is 1. The molecular weight excluding hydrogens is 226 g/mol. The van der Waals surface area contributed by atoms with Crippen LogP contribution in [0.15, 0.2) is 29.8 Å². The molecule has 1 nitrogen and oxygen atoms in total. The molecule has 0 aliphatic carbocycles. The smallest absolute Gasteiger partial charge is 0.0845 e. The summed E-state index contributed by atoms with van der Waals surface area (Å²) in [5, 5.41) is 0. The van der Waals surface area contributed by atoms with E-state index in [9.17, 15) is 0 Å². The summed E-state index contributed by atoms with van der Waals surface area (Å²) in [7, 11) is 0. The van der Waals surface area contributed by atoms with E-state index in [1.54, 1.807) is 11.3 Å². The highest BCUT2D eigenvalue weighted by atomic mass is 32.1. The van der Waals surface area contributed by atoms with Crippen molar-refractivity contribution in [1.29, 1.82) is 0 Å². The van der Waals surface area contributed by atoms with Crippen molar-refractivity contribution in [3.8, 4) is 11.3 Å². The Kier molecular flexibility index (Phi) is 3.63. The highest BCUT2D eigenvalue weighted by Gasteiger charge is 2.11. The maximum atomic E-state index is 4.50. The molecule has 0 fully saturated rings. The van der Waals surface area contributed by atoms with E-state index in [1.165, 1.54) is 16.0 Å². The molecule has 2 heteroatoms. The van der Waals surface area contributed by atoms with Crippen molar-refractivity contribution < 1.29 is 0 Å². The van der Waals surface area contributed by atoms with Crippen LogP contribution in [0.2, 0.25) is 0 Å². The highest BCUT2D eigenvalue weighted by molar-refractivity contribution is 7.10. The first-order chi connectivity index (χ1) is 8.09. The number of hydrogen-bond donors (Lipinski definition) is 0. The van der Waals surface area contributed by atoms with Gasteiger partial charge in [0.15, 0.2) is 0 Å². The molecule has 90 valence electrons. The number of benzene rings is 1. The van der Waals surface area contributed by atoms with Crippen LogP contribution in [-0.2, 0) is 0 Å². The van der Waals surface area contributed by atoms with E-state index in [0.29, 0.717) is 11.8 Å². The lowest BCUT2D eigenvalue weighted by molar-refractivity contribution is 0.866. The minimum Gasteiger partial charge on any atom is -0.244 e. The first-order valence-corrected chi connectivity index (χ1v) is 7.01. The monoisotopic (exact) mass is 245 g/mol.